The molecule has 2 saturated heterocycles. The second-order valence-electron chi connectivity index (χ2n) is 11.2. The standard InChI is InChI=1S/C34H41N3O6/c1-41-32(39)30(20-24-8-4-2-5-9-24)36-34(40)35-28-16-14-27(15-17-28)33-42-29(22-37-18-6-3-7-19-37)21-31(43-33)26-12-10-25(23-38)11-13-26/h2,4-5,8-17,29-31,33,38H,3,6-7,18-23H2,1H3,(H2,35,36,40)/t29-,30-,31+,33+/m0/s1. The maximum absolute atomic E-state index is 12.8. The van der Waals surface area contributed by atoms with Gasteiger partial charge in [0.15, 0.2) is 6.29 Å². The molecule has 0 aliphatic carbocycles. The average Bonchev–Trinajstić information content (AvgIpc) is 3.05. The minimum Gasteiger partial charge on any atom is -0.467 e. The molecule has 2 aliphatic heterocycles. The molecule has 0 unspecified atom stereocenters. The van der Waals surface area contributed by atoms with Crippen LogP contribution in [0, 0.1) is 0 Å². The highest BCUT2D eigenvalue weighted by Crippen LogP contribution is 2.38. The summed E-state index contributed by atoms with van der Waals surface area (Å²) in [7, 11) is 1.31. The maximum atomic E-state index is 12.8. The summed E-state index contributed by atoms with van der Waals surface area (Å²) < 4.78 is 17.9. The van der Waals surface area contributed by atoms with Crippen LogP contribution in [-0.2, 0) is 32.0 Å². The van der Waals surface area contributed by atoms with E-state index in [1.54, 1.807) is 12.1 Å². The number of hydrogen-bond donors (Lipinski definition) is 3. The topological polar surface area (TPSA) is 109 Å². The van der Waals surface area contributed by atoms with Crippen molar-refractivity contribution in [3.05, 3.63) is 101 Å². The van der Waals surface area contributed by atoms with Gasteiger partial charge in [0.2, 0.25) is 0 Å². The van der Waals surface area contributed by atoms with Gasteiger partial charge in [-0.3, -0.25) is 0 Å². The molecule has 2 aliphatic rings. The van der Waals surface area contributed by atoms with Gasteiger partial charge >= 0.3 is 12.0 Å². The molecule has 4 atom stereocenters. The predicted octanol–water partition coefficient (Wildman–Crippen LogP) is 5.12. The smallest absolute Gasteiger partial charge is 0.328 e. The van der Waals surface area contributed by atoms with E-state index in [2.05, 4.69) is 15.5 Å². The lowest BCUT2D eigenvalue weighted by Gasteiger charge is -2.39. The Morgan fingerprint density at radius 1 is 0.907 bits per heavy atom. The quantitative estimate of drug-likeness (QED) is 0.283. The highest BCUT2D eigenvalue weighted by atomic mass is 16.7. The first kappa shape index (κ1) is 30.7. The molecule has 3 aromatic rings. The van der Waals surface area contributed by atoms with Crippen LogP contribution in [0.4, 0.5) is 10.5 Å². The fourth-order valence-corrected chi connectivity index (χ4v) is 5.70. The molecule has 3 N–H and O–H groups in total. The molecule has 0 radical (unpaired) electrons. The van der Waals surface area contributed by atoms with Crippen LogP contribution in [0.15, 0.2) is 78.9 Å². The van der Waals surface area contributed by atoms with Gasteiger partial charge in [0, 0.05) is 30.6 Å². The van der Waals surface area contributed by atoms with Crippen LogP contribution in [0.3, 0.4) is 0 Å². The molecule has 2 heterocycles. The van der Waals surface area contributed by atoms with Crippen molar-refractivity contribution in [3.63, 3.8) is 0 Å². The number of piperidine rings is 1. The van der Waals surface area contributed by atoms with E-state index in [4.69, 9.17) is 14.2 Å². The predicted molar refractivity (Wildman–Crippen MR) is 163 cm³/mol. The average molecular weight is 588 g/mol. The summed E-state index contributed by atoms with van der Waals surface area (Å²) in [6.45, 7) is 3.04. The number of aliphatic hydroxyl groups excluding tert-OH is 1. The van der Waals surface area contributed by atoms with E-state index in [1.807, 2.05) is 66.7 Å². The van der Waals surface area contributed by atoms with Gasteiger partial charge in [0.05, 0.1) is 25.9 Å². The normalized spacial score (nSPS) is 21.5. The number of nitrogens with one attached hydrogen (secondary N) is 2. The van der Waals surface area contributed by atoms with Crippen molar-refractivity contribution in [2.75, 3.05) is 32.1 Å². The Hall–Kier alpha value is -3.76. The van der Waals surface area contributed by atoms with Crippen LogP contribution >= 0.6 is 0 Å². The number of anilines is 1. The summed E-state index contributed by atoms with van der Waals surface area (Å²) in [6.07, 6.45) is 4.06. The molecule has 0 bridgehead atoms. The minimum atomic E-state index is -0.823. The highest BCUT2D eigenvalue weighted by Gasteiger charge is 2.33. The molecule has 0 spiro atoms. The van der Waals surface area contributed by atoms with Gasteiger partial charge in [0.25, 0.3) is 0 Å². The monoisotopic (exact) mass is 587 g/mol. The number of aliphatic hydroxyl groups is 1. The van der Waals surface area contributed by atoms with Crippen molar-refractivity contribution in [1.82, 2.24) is 10.2 Å². The number of esters is 1. The first-order valence-electron chi connectivity index (χ1n) is 15.0. The molecule has 5 rings (SSSR count). The number of likely N-dealkylation sites (tertiary alicyclic amines) is 1. The van der Waals surface area contributed by atoms with Crippen LogP contribution in [-0.4, -0.2) is 60.9 Å². The molecular formula is C34H41N3O6. The summed E-state index contributed by atoms with van der Waals surface area (Å²) in [4.78, 5) is 27.6. The summed E-state index contributed by atoms with van der Waals surface area (Å²) in [5.74, 6) is -0.513. The molecule has 228 valence electrons. The first-order valence-corrected chi connectivity index (χ1v) is 15.0. The van der Waals surface area contributed by atoms with Gasteiger partial charge in [-0.1, -0.05) is 73.2 Å². The second-order valence-corrected chi connectivity index (χ2v) is 11.2. The van der Waals surface area contributed by atoms with E-state index in [0.717, 1.165) is 48.3 Å². The number of carbonyl (C=O) groups is 2. The first-order chi connectivity index (χ1) is 21.0. The van der Waals surface area contributed by atoms with Gasteiger partial charge in [-0.2, -0.15) is 0 Å². The molecule has 9 heteroatoms. The summed E-state index contributed by atoms with van der Waals surface area (Å²) >= 11 is 0. The molecule has 0 aromatic heterocycles. The Morgan fingerprint density at radius 2 is 1.60 bits per heavy atom. The number of methoxy groups -OCH3 is 1. The molecule has 43 heavy (non-hydrogen) atoms. The Morgan fingerprint density at radius 3 is 2.28 bits per heavy atom. The fourth-order valence-electron chi connectivity index (χ4n) is 5.70. The number of benzene rings is 3. The third-order valence-electron chi connectivity index (χ3n) is 8.04. The minimum absolute atomic E-state index is 0.00261. The van der Waals surface area contributed by atoms with E-state index < -0.39 is 24.3 Å². The number of rotatable bonds is 10. The van der Waals surface area contributed by atoms with Crippen LogP contribution in [0.5, 0.6) is 0 Å². The van der Waals surface area contributed by atoms with E-state index >= 15 is 0 Å². The molecule has 3 aromatic carbocycles. The van der Waals surface area contributed by atoms with Crippen LogP contribution in [0.25, 0.3) is 0 Å². The fraction of sp³-hybridized carbons (Fsp3) is 0.412. The van der Waals surface area contributed by atoms with Crippen LogP contribution in [0.2, 0.25) is 0 Å². The van der Waals surface area contributed by atoms with Crippen molar-refractivity contribution < 1.29 is 28.9 Å². The highest BCUT2D eigenvalue weighted by molar-refractivity contribution is 5.92. The maximum Gasteiger partial charge on any atom is 0.328 e. The Bertz CT molecular complexity index is 1310. The molecule has 9 nitrogen and oxygen atoms in total. The Kier molecular flexibility index (Phi) is 10.8. The molecule has 2 fully saturated rings. The second kappa shape index (κ2) is 15.1. The van der Waals surface area contributed by atoms with Gasteiger partial charge in [-0.05, 0) is 54.8 Å². The number of nitrogens with zero attached hydrogens (tertiary/aromatic N) is 1. The zero-order chi connectivity index (χ0) is 30.0. The van der Waals surface area contributed by atoms with Gasteiger partial charge in [-0.15, -0.1) is 0 Å². The third kappa shape index (κ3) is 8.64. The van der Waals surface area contributed by atoms with Crippen molar-refractivity contribution in [2.45, 2.75) is 63.3 Å². The van der Waals surface area contributed by atoms with E-state index in [-0.39, 0.29) is 18.8 Å². The van der Waals surface area contributed by atoms with Crippen molar-refractivity contribution in [1.29, 1.82) is 0 Å². The van der Waals surface area contributed by atoms with Gasteiger partial charge in [-0.25, -0.2) is 9.59 Å². The lowest BCUT2D eigenvalue weighted by atomic mass is 9.99. The van der Waals surface area contributed by atoms with Crippen molar-refractivity contribution in [3.8, 4) is 0 Å². The van der Waals surface area contributed by atoms with E-state index in [9.17, 15) is 14.7 Å². The molecule has 2 amide bonds. The zero-order valence-electron chi connectivity index (χ0n) is 24.6. The number of urea groups is 1. The summed E-state index contributed by atoms with van der Waals surface area (Å²) in [5.41, 5.74) is 4.25. The summed E-state index contributed by atoms with van der Waals surface area (Å²) in [5, 5.41) is 15.0. The Balaban J connectivity index is 1.24. The van der Waals surface area contributed by atoms with E-state index in [0.29, 0.717) is 12.1 Å². The van der Waals surface area contributed by atoms with E-state index in [1.165, 1.54) is 26.4 Å². The number of carbonyl (C=O) groups excluding carboxylic acids is 2. The van der Waals surface area contributed by atoms with Crippen LogP contribution < -0.4 is 10.6 Å². The van der Waals surface area contributed by atoms with Crippen molar-refractivity contribution >= 4 is 17.7 Å². The zero-order valence-corrected chi connectivity index (χ0v) is 24.6. The van der Waals surface area contributed by atoms with Crippen molar-refractivity contribution in [2.24, 2.45) is 0 Å². The van der Waals surface area contributed by atoms with Crippen LogP contribution in [0.1, 0.15) is 60.3 Å². The Labute approximate surface area is 253 Å². The largest absolute Gasteiger partial charge is 0.467 e. The van der Waals surface area contributed by atoms with Gasteiger partial charge in [0.1, 0.15) is 6.04 Å². The summed E-state index contributed by atoms with van der Waals surface area (Å²) in [6, 6.07) is 23.4. The number of ether oxygens (including phenoxy) is 3. The lowest BCUT2D eigenvalue weighted by Crippen LogP contribution is -2.45. The third-order valence-corrected chi connectivity index (χ3v) is 8.04. The molecule has 0 saturated carbocycles. The number of hydrogen-bond acceptors (Lipinski definition) is 7. The lowest BCUT2D eigenvalue weighted by molar-refractivity contribution is -0.253. The number of amides is 2. The SMILES string of the molecule is COC(=O)[C@H](Cc1ccccc1)NC(=O)Nc1ccc([C@@H]2O[C@H](CN3CCCCC3)C[C@H](c3ccc(CO)cc3)O2)cc1. The molecular weight excluding hydrogens is 546 g/mol. The van der Waals surface area contributed by atoms with Gasteiger partial charge < -0.3 is 34.9 Å².